The van der Waals surface area contributed by atoms with Gasteiger partial charge in [-0.3, -0.25) is 4.98 Å². The lowest BCUT2D eigenvalue weighted by molar-refractivity contribution is 0.388. The molecule has 1 aliphatic rings. The molecule has 1 fully saturated rings. The summed E-state index contributed by atoms with van der Waals surface area (Å²) in [5.74, 6) is 2.08. The van der Waals surface area contributed by atoms with E-state index in [1.54, 1.807) is 0 Å². The summed E-state index contributed by atoms with van der Waals surface area (Å²) in [7, 11) is 0. The molecule has 1 unspecified atom stereocenters. The smallest absolute Gasteiger partial charge is 0.0278 e. The van der Waals surface area contributed by atoms with Gasteiger partial charge in [0.2, 0.25) is 0 Å². The number of hydrogen-bond acceptors (Lipinski definition) is 3. The molecule has 0 aliphatic heterocycles. The maximum Gasteiger partial charge on any atom is 0.0278 e. The van der Waals surface area contributed by atoms with Crippen LogP contribution in [0.25, 0.3) is 0 Å². The Balaban J connectivity index is 1.84. The van der Waals surface area contributed by atoms with E-state index in [9.17, 15) is 0 Å². The highest BCUT2D eigenvalue weighted by Gasteiger charge is 2.24. The fourth-order valence-corrected chi connectivity index (χ4v) is 3.75. The van der Waals surface area contributed by atoms with Crippen LogP contribution >= 0.6 is 11.8 Å². The molecule has 2 nitrogen and oxygen atoms in total. The largest absolute Gasteiger partial charge is 0.313 e. The van der Waals surface area contributed by atoms with Gasteiger partial charge in [-0.25, -0.2) is 0 Å². The number of nitrogens with one attached hydrogen (secondary N) is 1. The van der Waals surface area contributed by atoms with Crippen LogP contribution in [0.3, 0.4) is 0 Å². The third kappa shape index (κ3) is 4.29. The van der Waals surface area contributed by atoms with E-state index in [1.165, 1.54) is 42.8 Å². The Labute approximate surface area is 115 Å². The third-order valence-electron chi connectivity index (χ3n) is 3.70. The van der Waals surface area contributed by atoms with Gasteiger partial charge in [0.1, 0.15) is 0 Å². The lowest BCUT2D eigenvalue weighted by Gasteiger charge is -2.24. The van der Waals surface area contributed by atoms with Crippen molar-refractivity contribution in [3.63, 3.8) is 0 Å². The molecule has 100 valence electrons. The zero-order chi connectivity index (χ0) is 12.6. The number of hydrogen-bond donors (Lipinski definition) is 1. The molecule has 1 N–H and O–H groups in total. The molecule has 1 atom stereocenters. The van der Waals surface area contributed by atoms with E-state index in [2.05, 4.69) is 29.4 Å². The average molecular weight is 264 g/mol. The van der Waals surface area contributed by atoms with Crippen LogP contribution in [0, 0.1) is 5.92 Å². The van der Waals surface area contributed by atoms with Crippen molar-refractivity contribution in [2.45, 2.75) is 50.0 Å². The summed E-state index contributed by atoms with van der Waals surface area (Å²) < 4.78 is 0. The van der Waals surface area contributed by atoms with Crippen LogP contribution in [0.1, 0.15) is 39.0 Å². The number of aromatic nitrogens is 1. The van der Waals surface area contributed by atoms with Gasteiger partial charge < -0.3 is 5.32 Å². The van der Waals surface area contributed by atoms with E-state index in [0.29, 0.717) is 6.04 Å². The van der Waals surface area contributed by atoms with Crippen molar-refractivity contribution in [2.75, 3.05) is 12.3 Å². The molecule has 0 saturated heterocycles. The summed E-state index contributed by atoms with van der Waals surface area (Å²) in [6.07, 6.45) is 10.7. The van der Waals surface area contributed by atoms with Gasteiger partial charge in [-0.15, -0.1) is 11.8 Å². The van der Waals surface area contributed by atoms with Crippen LogP contribution in [0.4, 0.5) is 0 Å². The van der Waals surface area contributed by atoms with E-state index in [4.69, 9.17) is 0 Å². The highest BCUT2D eigenvalue weighted by atomic mass is 32.2. The van der Waals surface area contributed by atoms with Crippen LogP contribution in [-0.4, -0.2) is 23.3 Å². The first kappa shape index (κ1) is 13.9. The van der Waals surface area contributed by atoms with Crippen LogP contribution < -0.4 is 5.32 Å². The monoisotopic (exact) mass is 264 g/mol. The summed E-state index contributed by atoms with van der Waals surface area (Å²) in [5, 5.41) is 3.75. The molecule has 1 saturated carbocycles. The van der Waals surface area contributed by atoms with Crippen molar-refractivity contribution in [3.8, 4) is 0 Å². The summed E-state index contributed by atoms with van der Waals surface area (Å²) in [5.41, 5.74) is 0. The summed E-state index contributed by atoms with van der Waals surface area (Å²) in [4.78, 5) is 5.41. The Morgan fingerprint density at radius 1 is 1.33 bits per heavy atom. The maximum atomic E-state index is 4.07. The molecule has 1 aliphatic carbocycles. The fraction of sp³-hybridized carbons (Fsp3) is 0.667. The minimum Gasteiger partial charge on any atom is -0.313 e. The van der Waals surface area contributed by atoms with Gasteiger partial charge in [-0.2, -0.15) is 0 Å². The third-order valence-corrected chi connectivity index (χ3v) is 4.84. The SMILES string of the molecule is CCCNC(CSc1ccncc1)C1CCCC1. The Bertz CT molecular complexity index is 323. The predicted octanol–water partition coefficient (Wildman–Crippen LogP) is 3.73. The van der Waals surface area contributed by atoms with Gasteiger partial charge in [-0.1, -0.05) is 19.8 Å². The van der Waals surface area contributed by atoms with Gasteiger partial charge in [0.15, 0.2) is 0 Å². The molecule has 0 radical (unpaired) electrons. The molecule has 0 bridgehead atoms. The number of nitrogens with zero attached hydrogens (tertiary/aromatic N) is 1. The Morgan fingerprint density at radius 2 is 2.06 bits per heavy atom. The van der Waals surface area contributed by atoms with Crippen LogP contribution in [-0.2, 0) is 0 Å². The molecule has 0 amide bonds. The van der Waals surface area contributed by atoms with E-state index in [1.807, 2.05) is 24.2 Å². The van der Waals surface area contributed by atoms with E-state index >= 15 is 0 Å². The predicted molar refractivity (Wildman–Crippen MR) is 79.0 cm³/mol. The molecular formula is C15H24N2S. The van der Waals surface area contributed by atoms with Crippen LogP contribution in [0.5, 0.6) is 0 Å². The summed E-state index contributed by atoms with van der Waals surface area (Å²) in [6, 6.07) is 4.90. The number of pyridine rings is 1. The minimum atomic E-state index is 0.686. The second-order valence-corrected chi connectivity index (χ2v) is 6.19. The average Bonchev–Trinajstić information content (AvgIpc) is 2.94. The Morgan fingerprint density at radius 3 is 2.72 bits per heavy atom. The number of rotatable bonds is 7. The molecule has 3 heteroatoms. The first-order valence-electron chi connectivity index (χ1n) is 7.16. The first-order valence-corrected chi connectivity index (χ1v) is 8.15. The summed E-state index contributed by atoms with van der Waals surface area (Å²) >= 11 is 1.96. The van der Waals surface area contributed by atoms with E-state index < -0.39 is 0 Å². The highest BCUT2D eigenvalue weighted by molar-refractivity contribution is 7.99. The van der Waals surface area contributed by atoms with Crippen LogP contribution in [0.15, 0.2) is 29.4 Å². The van der Waals surface area contributed by atoms with Gasteiger partial charge in [-0.05, 0) is 43.9 Å². The van der Waals surface area contributed by atoms with Crippen molar-refractivity contribution in [3.05, 3.63) is 24.5 Å². The maximum absolute atomic E-state index is 4.07. The lowest BCUT2D eigenvalue weighted by Crippen LogP contribution is -2.37. The Hall–Kier alpha value is -0.540. The molecule has 18 heavy (non-hydrogen) atoms. The van der Waals surface area contributed by atoms with Crippen molar-refractivity contribution in [1.29, 1.82) is 0 Å². The normalized spacial score (nSPS) is 18.1. The van der Waals surface area contributed by atoms with Crippen molar-refractivity contribution >= 4 is 11.8 Å². The molecular weight excluding hydrogens is 240 g/mol. The van der Waals surface area contributed by atoms with Crippen molar-refractivity contribution in [2.24, 2.45) is 5.92 Å². The fourth-order valence-electron chi connectivity index (χ4n) is 2.67. The van der Waals surface area contributed by atoms with E-state index in [0.717, 1.165) is 12.5 Å². The second kappa shape index (κ2) is 7.80. The molecule has 1 aromatic heterocycles. The Kier molecular flexibility index (Phi) is 6.01. The van der Waals surface area contributed by atoms with E-state index in [-0.39, 0.29) is 0 Å². The zero-order valence-electron chi connectivity index (χ0n) is 11.3. The minimum absolute atomic E-state index is 0.686. The second-order valence-electron chi connectivity index (χ2n) is 5.10. The van der Waals surface area contributed by atoms with Gasteiger partial charge in [0.05, 0.1) is 0 Å². The number of thioether (sulfide) groups is 1. The lowest BCUT2D eigenvalue weighted by atomic mass is 10.00. The quantitative estimate of drug-likeness (QED) is 0.760. The standard InChI is InChI=1S/C15H24N2S/c1-2-9-17-15(13-5-3-4-6-13)12-18-14-7-10-16-11-8-14/h7-8,10-11,13,15,17H,2-6,9,12H2,1H3. The van der Waals surface area contributed by atoms with Gasteiger partial charge >= 0.3 is 0 Å². The van der Waals surface area contributed by atoms with Crippen molar-refractivity contribution < 1.29 is 0 Å². The molecule has 1 heterocycles. The zero-order valence-corrected chi connectivity index (χ0v) is 12.1. The van der Waals surface area contributed by atoms with Gasteiger partial charge in [0.25, 0.3) is 0 Å². The molecule has 2 rings (SSSR count). The summed E-state index contributed by atoms with van der Waals surface area (Å²) in [6.45, 7) is 3.40. The molecule has 1 aromatic rings. The molecule has 0 aromatic carbocycles. The van der Waals surface area contributed by atoms with Crippen LogP contribution in [0.2, 0.25) is 0 Å². The van der Waals surface area contributed by atoms with Gasteiger partial charge in [0, 0.05) is 29.1 Å². The molecule has 0 spiro atoms. The first-order chi connectivity index (χ1) is 8.90. The van der Waals surface area contributed by atoms with Crippen molar-refractivity contribution in [1.82, 2.24) is 10.3 Å². The highest BCUT2D eigenvalue weighted by Crippen LogP contribution is 2.30. The topological polar surface area (TPSA) is 24.9 Å².